The van der Waals surface area contributed by atoms with Gasteiger partial charge in [-0.25, -0.2) is 0 Å². The van der Waals surface area contributed by atoms with Crippen LogP contribution in [0.2, 0.25) is 0 Å². The largest absolute Gasteiger partial charge is 0.454 e. The van der Waals surface area contributed by atoms with Gasteiger partial charge in [0.2, 0.25) is 25.4 Å². The van der Waals surface area contributed by atoms with E-state index < -0.39 is 5.92 Å². The molecule has 2 aromatic rings. The molecule has 1 fully saturated rings. The summed E-state index contributed by atoms with van der Waals surface area (Å²) < 4.78 is 21.2. The molecule has 0 radical (unpaired) electrons. The summed E-state index contributed by atoms with van der Waals surface area (Å²) in [6.07, 6.45) is 0.158. The van der Waals surface area contributed by atoms with Crippen LogP contribution >= 0.6 is 0 Å². The minimum atomic E-state index is -0.437. The topological polar surface area (TPSA) is 86.3 Å². The summed E-state index contributed by atoms with van der Waals surface area (Å²) >= 11 is 0. The van der Waals surface area contributed by atoms with Gasteiger partial charge in [0.1, 0.15) is 0 Å². The average molecular weight is 368 g/mol. The molecular formula is C19H16N2O6. The third-order valence-corrected chi connectivity index (χ3v) is 4.80. The SMILES string of the molecule is O=C(Nc1ccc2c(c1)OCO2)C1CC(=O)N(c2ccc3c(c2)OCO3)C1. The molecule has 1 saturated heterocycles. The number of amides is 2. The summed E-state index contributed by atoms with van der Waals surface area (Å²) in [5.74, 6) is 1.77. The highest BCUT2D eigenvalue weighted by atomic mass is 16.7. The third-order valence-electron chi connectivity index (χ3n) is 4.80. The van der Waals surface area contributed by atoms with Crippen molar-refractivity contribution in [2.75, 3.05) is 30.3 Å². The van der Waals surface area contributed by atoms with Gasteiger partial charge in [-0.15, -0.1) is 0 Å². The number of carbonyl (C=O) groups is 2. The Kier molecular flexibility index (Phi) is 3.56. The number of carbonyl (C=O) groups excluding carboxylic acids is 2. The highest BCUT2D eigenvalue weighted by molar-refractivity contribution is 6.03. The summed E-state index contributed by atoms with van der Waals surface area (Å²) in [6, 6.07) is 10.5. The summed E-state index contributed by atoms with van der Waals surface area (Å²) in [4.78, 5) is 26.7. The van der Waals surface area contributed by atoms with Gasteiger partial charge in [-0.3, -0.25) is 9.59 Å². The van der Waals surface area contributed by atoms with Crippen LogP contribution in [0.25, 0.3) is 0 Å². The molecule has 3 heterocycles. The molecule has 2 aromatic carbocycles. The highest BCUT2D eigenvalue weighted by Crippen LogP contribution is 2.38. The van der Waals surface area contributed by atoms with Gasteiger partial charge in [0.25, 0.3) is 0 Å². The lowest BCUT2D eigenvalue weighted by atomic mass is 10.1. The predicted molar refractivity (Wildman–Crippen MR) is 94.2 cm³/mol. The zero-order valence-electron chi connectivity index (χ0n) is 14.3. The van der Waals surface area contributed by atoms with Crippen molar-refractivity contribution in [3.05, 3.63) is 36.4 Å². The maximum absolute atomic E-state index is 12.6. The number of ether oxygens (including phenoxy) is 4. The van der Waals surface area contributed by atoms with E-state index in [2.05, 4.69) is 5.32 Å². The quantitative estimate of drug-likeness (QED) is 0.893. The number of nitrogens with one attached hydrogen (secondary N) is 1. The third kappa shape index (κ3) is 2.79. The molecule has 0 bridgehead atoms. The van der Waals surface area contributed by atoms with E-state index in [4.69, 9.17) is 18.9 Å². The van der Waals surface area contributed by atoms with Gasteiger partial charge < -0.3 is 29.2 Å². The summed E-state index contributed by atoms with van der Waals surface area (Å²) in [7, 11) is 0. The smallest absolute Gasteiger partial charge is 0.231 e. The number of hydrogen-bond donors (Lipinski definition) is 1. The van der Waals surface area contributed by atoms with Crippen molar-refractivity contribution in [3.63, 3.8) is 0 Å². The summed E-state index contributed by atoms with van der Waals surface area (Å²) in [5.41, 5.74) is 1.31. The Hall–Kier alpha value is -3.42. The lowest BCUT2D eigenvalue weighted by molar-refractivity contribution is -0.122. The van der Waals surface area contributed by atoms with Crippen molar-refractivity contribution in [2.24, 2.45) is 5.92 Å². The summed E-state index contributed by atoms with van der Waals surface area (Å²) in [5, 5.41) is 2.85. The Morgan fingerprint density at radius 3 is 2.37 bits per heavy atom. The van der Waals surface area contributed by atoms with Crippen LogP contribution in [0.15, 0.2) is 36.4 Å². The Morgan fingerprint density at radius 1 is 0.926 bits per heavy atom. The molecule has 1 unspecified atom stereocenters. The van der Waals surface area contributed by atoms with Crippen LogP contribution < -0.4 is 29.2 Å². The van der Waals surface area contributed by atoms with Crippen molar-refractivity contribution < 1.29 is 28.5 Å². The van der Waals surface area contributed by atoms with Crippen LogP contribution in [0.4, 0.5) is 11.4 Å². The Morgan fingerprint density at radius 2 is 1.59 bits per heavy atom. The fraction of sp³-hybridized carbons (Fsp3) is 0.263. The molecule has 8 nitrogen and oxygen atoms in total. The minimum absolute atomic E-state index is 0.0975. The monoisotopic (exact) mass is 368 g/mol. The first-order valence-corrected chi connectivity index (χ1v) is 8.58. The van der Waals surface area contributed by atoms with Gasteiger partial charge in [-0.2, -0.15) is 0 Å². The van der Waals surface area contributed by atoms with Crippen LogP contribution in [0.3, 0.4) is 0 Å². The fourth-order valence-corrected chi connectivity index (χ4v) is 3.40. The first-order valence-electron chi connectivity index (χ1n) is 8.58. The molecule has 0 saturated carbocycles. The van der Waals surface area contributed by atoms with E-state index in [9.17, 15) is 9.59 Å². The Bertz CT molecular complexity index is 944. The van der Waals surface area contributed by atoms with Crippen molar-refractivity contribution >= 4 is 23.2 Å². The van der Waals surface area contributed by atoms with Crippen molar-refractivity contribution in [1.82, 2.24) is 0 Å². The molecule has 27 heavy (non-hydrogen) atoms. The maximum Gasteiger partial charge on any atom is 0.231 e. The molecule has 3 aliphatic heterocycles. The van der Waals surface area contributed by atoms with Gasteiger partial charge >= 0.3 is 0 Å². The van der Waals surface area contributed by atoms with Gasteiger partial charge in [0, 0.05) is 36.5 Å². The van der Waals surface area contributed by atoms with Gasteiger partial charge in [0.05, 0.1) is 5.92 Å². The van der Waals surface area contributed by atoms with E-state index in [1.807, 2.05) is 0 Å². The van der Waals surface area contributed by atoms with Crippen molar-refractivity contribution in [1.29, 1.82) is 0 Å². The second-order valence-corrected chi connectivity index (χ2v) is 6.50. The van der Waals surface area contributed by atoms with Gasteiger partial charge in [-0.1, -0.05) is 0 Å². The Balaban J connectivity index is 1.29. The fourth-order valence-electron chi connectivity index (χ4n) is 3.40. The first kappa shape index (κ1) is 15.8. The van der Waals surface area contributed by atoms with E-state index in [0.29, 0.717) is 40.9 Å². The predicted octanol–water partition coefficient (Wildman–Crippen LogP) is 2.14. The number of fused-ring (bicyclic) bond motifs is 2. The zero-order valence-corrected chi connectivity index (χ0v) is 14.3. The molecule has 0 aliphatic carbocycles. The zero-order chi connectivity index (χ0) is 18.4. The molecular weight excluding hydrogens is 352 g/mol. The lowest BCUT2D eigenvalue weighted by Gasteiger charge is -2.17. The number of benzene rings is 2. The van der Waals surface area contributed by atoms with Crippen LogP contribution in [-0.2, 0) is 9.59 Å². The number of nitrogens with zero attached hydrogens (tertiary/aromatic N) is 1. The normalized spacial score (nSPS) is 19.5. The highest BCUT2D eigenvalue weighted by Gasteiger charge is 2.36. The second kappa shape index (κ2) is 6.08. The molecule has 1 atom stereocenters. The van der Waals surface area contributed by atoms with Crippen LogP contribution in [0.1, 0.15) is 6.42 Å². The molecule has 0 spiro atoms. The lowest BCUT2D eigenvalue weighted by Crippen LogP contribution is -2.28. The van der Waals surface area contributed by atoms with Crippen LogP contribution in [0.5, 0.6) is 23.0 Å². The van der Waals surface area contributed by atoms with Crippen molar-refractivity contribution in [3.8, 4) is 23.0 Å². The average Bonchev–Trinajstić information content (AvgIpc) is 3.39. The van der Waals surface area contributed by atoms with E-state index in [0.717, 1.165) is 0 Å². The van der Waals surface area contributed by atoms with E-state index in [1.165, 1.54) is 0 Å². The van der Waals surface area contributed by atoms with Crippen LogP contribution in [-0.4, -0.2) is 31.9 Å². The standard InChI is InChI=1S/C19H16N2O6/c22-18-5-11(8-21(18)13-2-4-15-17(7-13)27-10-25-15)19(23)20-12-1-3-14-16(6-12)26-9-24-14/h1-4,6-7,11H,5,8-10H2,(H,20,23). The summed E-state index contributed by atoms with van der Waals surface area (Å²) in [6.45, 7) is 0.663. The van der Waals surface area contributed by atoms with Gasteiger partial charge in [-0.05, 0) is 24.3 Å². The maximum atomic E-state index is 12.6. The Labute approximate surface area is 154 Å². The molecule has 8 heteroatoms. The van der Waals surface area contributed by atoms with E-state index >= 15 is 0 Å². The molecule has 138 valence electrons. The number of rotatable bonds is 3. The first-order chi connectivity index (χ1) is 13.2. The molecule has 1 N–H and O–H groups in total. The number of anilines is 2. The number of hydrogen-bond acceptors (Lipinski definition) is 6. The minimum Gasteiger partial charge on any atom is -0.454 e. The van der Waals surface area contributed by atoms with E-state index in [-0.39, 0.29) is 31.8 Å². The second-order valence-electron chi connectivity index (χ2n) is 6.50. The van der Waals surface area contributed by atoms with Gasteiger partial charge in [0.15, 0.2) is 23.0 Å². The van der Waals surface area contributed by atoms with Crippen molar-refractivity contribution in [2.45, 2.75) is 6.42 Å². The molecule has 0 aromatic heterocycles. The molecule has 2 amide bonds. The van der Waals surface area contributed by atoms with Crippen LogP contribution in [0, 0.1) is 5.92 Å². The molecule has 5 rings (SSSR count). The van der Waals surface area contributed by atoms with E-state index in [1.54, 1.807) is 41.3 Å². The molecule has 3 aliphatic rings.